The van der Waals surface area contributed by atoms with Gasteiger partial charge in [0, 0.05) is 4.47 Å². The van der Waals surface area contributed by atoms with Gasteiger partial charge >= 0.3 is 5.82 Å². The maximum absolute atomic E-state index is 10.4. The maximum Gasteiger partial charge on any atom is 0.375 e. The Morgan fingerprint density at radius 3 is 2.75 bits per heavy atom. The number of hydrogen-bond acceptors (Lipinski definition) is 4. The fourth-order valence-corrected chi connectivity index (χ4v) is 1.08. The standard InChI is InChI=1S/C6H3BrN2O3/c7-5-1-2-8-6(9(11)12)4(5)3-10/h1-3H. The molecule has 5 nitrogen and oxygen atoms in total. The zero-order valence-corrected chi connectivity index (χ0v) is 7.32. The highest BCUT2D eigenvalue weighted by Crippen LogP contribution is 2.21. The van der Waals surface area contributed by atoms with Gasteiger partial charge < -0.3 is 10.1 Å². The Kier molecular flexibility index (Phi) is 2.49. The largest absolute Gasteiger partial charge is 0.375 e. The second-order valence-electron chi connectivity index (χ2n) is 1.91. The summed E-state index contributed by atoms with van der Waals surface area (Å²) in [5.41, 5.74) is -0.0394. The third-order valence-electron chi connectivity index (χ3n) is 1.21. The van der Waals surface area contributed by atoms with Crippen molar-refractivity contribution in [2.24, 2.45) is 0 Å². The smallest absolute Gasteiger partial charge is 0.358 e. The van der Waals surface area contributed by atoms with Crippen LogP contribution in [0.15, 0.2) is 16.7 Å². The fraction of sp³-hybridized carbons (Fsp3) is 0. The van der Waals surface area contributed by atoms with Crippen molar-refractivity contribution in [1.29, 1.82) is 0 Å². The minimum absolute atomic E-state index is 0.0394. The van der Waals surface area contributed by atoms with E-state index < -0.39 is 10.7 Å². The van der Waals surface area contributed by atoms with Crippen LogP contribution in [0.25, 0.3) is 0 Å². The van der Waals surface area contributed by atoms with Crippen molar-refractivity contribution in [1.82, 2.24) is 4.98 Å². The van der Waals surface area contributed by atoms with Gasteiger partial charge in [0.05, 0.1) is 0 Å². The van der Waals surface area contributed by atoms with Crippen molar-refractivity contribution in [2.75, 3.05) is 0 Å². The van der Waals surface area contributed by atoms with Crippen LogP contribution in [0.3, 0.4) is 0 Å². The van der Waals surface area contributed by atoms with Gasteiger partial charge in [-0.2, -0.15) is 0 Å². The first-order chi connectivity index (χ1) is 5.66. The Bertz CT molecular complexity index is 340. The molecule has 0 radical (unpaired) electrons. The number of aromatic nitrogens is 1. The van der Waals surface area contributed by atoms with Crippen molar-refractivity contribution in [3.8, 4) is 0 Å². The Morgan fingerprint density at radius 2 is 2.33 bits per heavy atom. The first-order valence-electron chi connectivity index (χ1n) is 2.91. The van der Waals surface area contributed by atoms with E-state index in [1.165, 1.54) is 12.3 Å². The summed E-state index contributed by atoms with van der Waals surface area (Å²) in [6.45, 7) is 0. The summed E-state index contributed by atoms with van der Waals surface area (Å²) in [5, 5.41) is 10.3. The molecular formula is C6H3BrN2O3. The van der Waals surface area contributed by atoms with Gasteiger partial charge in [-0.25, -0.2) is 0 Å². The minimum Gasteiger partial charge on any atom is -0.358 e. The number of carbonyl (C=O) groups excluding carboxylic acids is 1. The molecule has 0 saturated carbocycles. The van der Waals surface area contributed by atoms with Crippen LogP contribution < -0.4 is 0 Å². The van der Waals surface area contributed by atoms with E-state index in [-0.39, 0.29) is 5.56 Å². The third kappa shape index (κ3) is 1.48. The fourth-order valence-electron chi connectivity index (χ4n) is 0.694. The Labute approximate surface area is 75.7 Å². The van der Waals surface area contributed by atoms with Gasteiger partial charge in [-0.05, 0) is 31.9 Å². The average molecular weight is 231 g/mol. The van der Waals surface area contributed by atoms with Crippen molar-refractivity contribution in [3.63, 3.8) is 0 Å². The number of aldehydes is 1. The summed E-state index contributed by atoms with van der Waals surface area (Å²) in [4.78, 5) is 23.4. The lowest BCUT2D eigenvalue weighted by atomic mass is 10.3. The highest BCUT2D eigenvalue weighted by atomic mass is 79.9. The molecule has 0 N–H and O–H groups in total. The first-order valence-corrected chi connectivity index (χ1v) is 3.70. The molecule has 0 aliphatic rings. The molecule has 6 heteroatoms. The average Bonchev–Trinajstić information content (AvgIpc) is 2.03. The lowest BCUT2D eigenvalue weighted by molar-refractivity contribution is -0.389. The summed E-state index contributed by atoms with van der Waals surface area (Å²) in [7, 11) is 0. The SMILES string of the molecule is O=Cc1c(Br)ccnc1[N+](=O)[O-]. The number of nitro groups is 1. The predicted octanol–water partition coefficient (Wildman–Crippen LogP) is 1.56. The molecule has 0 aromatic carbocycles. The van der Waals surface area contributed by atoms with E-state index in [1.54, 1.807) is 0 Å². The molecule has 1 aromatic heterocycles. The lowest BCUT2D eigenvalue weighted by Gasteiger charge is -1.95. The summed E-state index contributed by atoms with van der Waals surface area (Å²) in [5.74, 6) is -0.431. The third-order valence-corrected chi connectivity index (χ3v) is 1.90. The Morgan fingerprint density at radius 1 is 1.67 bits per heavy atom. The van der Waals surface area contributed by atoms with Gasteiger partial charge in [-0.15, -0.1) is 0 Å². The summed E-state index contributed by atoms with van der Waals surface area (Å²) in [6, 6.07) is 1.47. The van der Waals surface area contributed by atoms with Crippen molar-refractivity contribution < 1.29 is 9.72 Å². The number of halogens is 1. The quantitative estimate of drug-likeness (QED) is 0.439. The molecule has 0 fully saturated rings. The molecule has 1 rings (SSSR count). The van der Waals surface area contributed by atoms with Crippen LogP contribution in [0.5, 0.6) is 0 Å². The molecule has 0 amide bonds. The molecule has 0 unspecified atom stereocenters. The Hall–Kier alpha value is -1.30. The second kappa shape index (κ2) is 3.40. The van der Waals surface area contributed by atoms with Gasteiger partial charge in [0.2, 0.25) is 0 Å². The van der Waals surface area contributed by atoms with E-state index in [9.17, 15) is 14.9 Å². The maximum atomic E-state index is 10.4. The monoisotopic (exact) mass is 230 g/mol. The van der Waals surface area contributed by atoms with Crippen LogP contribution >= 0.6 is 15.9 Å². The lowest BCUT2D eigenvalue weighted by Crippen LogP contribution is -1.97. The zero-order chi connectivity index (χ0) is 9.14. The number of nitrogens with zero attached hydrogens (tertiary/aromatic N) is 2. The predicted molar refractivity (Wildman–Crippen MR) is 44.0 cm³/mol. The molecular weight excluding hydrogens is 228 g/mol. The molecule has 0 spiro atoms. The molecule has 1 heterocycles. The van der Waals surface area contributed by atoms with Crippen molar-refractivity contribution >= 4 is 28.0 Å². The van der Waals surface area contributed by atoms with E-state index in [4.69, 9.17) is 0 Å². The van der Waals surface area contributed by atoms with E-state index in [0.29, 0.717) is 10.8 Å². The van der Waals surface area contributed by atoms with Gasteiger partial charge in [0.25, 0.3) is 0 Å². The van der Waals surface area contributed by atoms with E-state index >= 15 is 0 Å². The number of rotatable bonds is 2. The number of pyridine rings is 1. The van der Waals surface area contributed by atoms with Gasteiger partial charge in [0.15, 0.2) is 6.29 Å². The van der Waals surface area contributed by atoms with Crippen LogP contribution in [0, 0.1) is 10.1 Å². The van der Waals surface area contributed by atoms with Crippen LogP contribution in [0.1, 0.15) is 10.4 Å². The van der Waals surface area contributed by atoms with Crippen molar-refractivity contribution in [2.45, 2.75) is 0 Å². The molecule has 1 aromatic rings. The molecule has 0 bridgehead atoms. The minimum atomic E-state index is -0.700. The molecule has 12 heavy (non-hydrogen) atoms. The molecule has 62 valence electrons. The van der Waals surface area contributed by atoms with E-state index in [1.807, 2.05) is 0 Å². The van der Waals surface area contributed by atoms with Crippen LogP contribution in [0.4, 0.5) is 5.82 Å². The Balaban J connectivity index is 3.37. The molecule has 0 aliphatic carbocycles. The van der Waals surface area contributed by atoms with Gasteiger partial charge in [-0.3, -0.25) is 4.79 Å². The number of carbonyl (C=O) groups is 1. The van der Waals surface area contributed by atoms with Gasteiger partial charge in [0.1, 0.15) is 11.8 Å². The van der Waals surface area contributed by atoms with Crippen LogP contribution in [-0.2, 0) is 0 Å². The molecule has 0 aliphatic heterocycles. The zero-order valence-electron chi connectivity index (χ0n) is 5.73. The molecule has 0 atom stereocenters. The summed E-state index contributed by atoms with van der Waals surface area (Å²) >= 11 is 3.00. The van der Waals surface area contributed by atoms with Crippen LogP contribution in [0.2, 0.25) is 0 Å². The highest BCUT2D eigenvalue weighted by molar-refractivity contribution is 9.10. The number of hydrogen-bond donors (Lipinski definition) is 0. The second-order valence-corrected chi connectivity index (χ2v) is 2.76. The highest BCUT2D eigenvalue weighted by Gasteiger charge is 2.16. The van der Waals surface area contributed by atoms with E-state index in [0.717, 1.165) is 0 Å². The first kappa shape index (κ1) is 8.79. The summed E-state index contributed by atoms with van der Waals surface area (Å²) in [6.07, 6.45) is 1.66. The normalized spacial score (nSPS) is 9.42. The van der Waals surface area contributed by atoms with E-state index in [2.05, 4.69) is 20.9 Å². The van der Waals surface area contributed by atoms with Gasteiger partial charge in [-0.1, -0.05) is 0 Å². The topological polar surface area (TPSA) is 73.1 Å². The van der Waals surface area contributed by atoms with Crippen LogP contribution in [-0.4, -0.2) is 16.2 Å². The molecule has 0 saturated heterocycles. The summed E-state index contributed by atoms with van der Waals surface area (Å²) < 4.78 is 0.374. The van der Waals surface area contributed by atoms with Crippen molar-refractivity contribution in [3.05, 3.63) is 32.4 Å².